The molecule has 114 valence electrons. The van der Waals surface area contributed by atoms with E-state index in [1.54, 1.807) is 6.20 Å². The second kappa shape index (κ2) is 7.38. The van der Waals surface area contributed by atoms with Crippen molar-refractivity contribution in [3.8, 4) is 5.75 Å². The molecule has 21 heavy (non-hydrogen) atoms. The maximum absolute atomic E-state index is 9.52. The minimum absolute atomic E-state index is 0.151. The number of aliphatic hydroxyl groups is 1. The second-order valence-corrected chi connectivity index (χ2v) is 5.32. The van der Waals surface area contributed by atoms with Crippen LogP contribution in [0.25, 0.3) is 10.9 Å². The van der Waals surface area contributed by atoms with E-state index in [2.05, 4.69) is 17.2 Å². The minimum Gasteiger partial charge on any atom is -0.493 e. The first-order valence-corrected chi connectivity index (χ1v) is 7.51. The van der Waals surface area contributed by atoms with Gasteiger partial charge in [0.15, 0.2) is 0 Å². The summed E-state index contributed by atoms with van der Waals surface area (Å²) in [4.78, 5) is 4.33. The van der Waals surface area contributed by atoms with Gasteiger partial charge >= 0.3 is 0 Å². The SMILES string of the molecule is CCC(CO)(CCCOc1cccc2ncccc12)NC. The maximum atomic E-state index is 9.52. The van der Waals surface area contributed by atoms with Crippen LogP contribution < -0.4 is 10.1 Å². The molecule has 2 N–H and O–H groups in total. The zero-order valence-electron chi connectivity index (χ0n) is 12.8. The summed E-state index contributed by atoms with van der Waals surface area (Å²) in [5.41, 5.74) is 0.757. The fraction of sp³-hybridized carbons (Fsp3) is 0.471. The number of aliphatic hydroxyl groups excluding tert-OH is 1. The van der Waals surface area contributed by atoms with Gasteiger partial charge in [-0.1, -0.05) is 13.0 Å². The predicted octanol–water partition coefficient (Wildman–Crippen LogP) is 2.75. The number of pyridine rings is 1. The van der Waals surface area contributed by atoms with Crippen LogP contribution >= 0.6 is 0 Å². The highest BCUT2D eigenvalue weighted by molar-refractivity contribution is 5.84. The van der Waals surface area contributed by atoms with Gasteiger partial charge in [-0.25, -0.2) is 0 Å². The van der Waals surface area contributed by atoms with Gasteiger partial charge in [0, 0.05) is 17.1 Å². The molecule has 0 amide bonds. The molecule has 0 bridgehead atoms. The van der Waals surface area contributed by atoms with Crippen molar-refractivity contribution in [2.24, 2.45) is 0 Å². The van der Waals surface area contributed by atoms with E-state index in [-0.39, 0.29) is 12.1 Å². The lowest BCUT2D eigenvalue weighted by atomic mass is 9.92. The van der Waals surface area contributed by atoms with Crippen LogP contribution in [-0.4, -0.2) is 35.9 Å². The van der Waals surface area contributed by atoms with Crippen molar-refractivity contribution in [1.82, 2.24) is 10.3 Å². The van der Waals surface area contributed by atoms with Crippen molar-refractivity contribution in [3.63, 3.8) is 0 Å². The van der Waals surface area contributed by atoms with Crippen LogP contribution in [0.4, 0.5) is 0 Å². The van der Waals surface area contributed by atoms with E-state index in [1.165, 1.54) is 0 Å². The Kier molecular flexibility index (Phi) is 5.53. The van der Waals surface area contributed by atoms with Crippen molar-refractivity contribution >= 4 is 10.9 Å². The number of ether oxygens (including phenoxy) is 1. The Morgan fingerprint density at radius 3 is 2.86 bits per heavy atom. The smallest absolute Gasteiger partial charge is 0.128 e. The number of hydrogen-bond donors (Lipinski definition) is 2. The van der Waals surface area contributed by atoms with Gasteiger partial charge in [-0.15, -0.1) is 0 Å². The number of fused-ring (bicyclic) bond motifs is 1. The van der Waals surface area contributed by atoms with E-state index >= 15 is 0 Å². The Morgan fingerprint density at radius 1 is 1.29 bits per heavy atom. The molecule has 0 radical (unpaired) electrons. The molecule has 2 rings (SSSR count). The molecule has 0 spiro atoms. The first-order valence-electron chi connectivity index (χ1n) is 7.51. The quantitative estimate of drug-likeness (QED) is 0.733. The summed E-state index contributed by atoms with van der Waals surface area (Å²) in [5, 5.41) is 13.8. The van der Waals surface area contributed by atoms with Crippen molar-refractivity contribution < 1.29 is 9.84 Å². The lowest BCUT2D eigenvalue weighted by Gasteiger charge is -2.30. The van der Waals surface area contributed by atoms with E-state index in [0.29, 0.717) is 6.61 Å². The van der Waals surface area contributed by atoms with Crippen LogP contribution in [0.3, 0.4) is 0 Å². The first kappa shape index (κ1) is 15.7. The minimum atomic E-state index is -0.191. The number of benzene rings is 1. The van der Waals surface area contributed by atoms with Gasteiger partial charge in [-0.2, -0.15) is 0 Å². The van der Waals surface area contributed by atoms with Gasteiger partial charge in [0.05, 0.1) is 18.7 Å². The number of likely N-dealkylation sites (N-methyl/N-ethyl adjacent to an activating group) is 1. The lowest BCUT2D eigenvalue weighted by molar-refractivity contribution is 0.145. The molecule has 4 nitrogen and oxygen atoms in total. The molecule has 0 saturated heterocycles. The Labute approximate surface area is 126 Å². The standard InChI is InChI=1S/C17H24N2O2/c1-3-17(13-20,18-2)10-6-12-21-16-9-4-8-15-14(16)7-5-11-19-15/h4-5,7-9,11,18,20H,3,6,10,12-13H2,1-2H3. The molecule has 0 fully saturated rings. The molecule has 0 aliphatic rings. The van der Waals surface area contributed by atoms with Gasteiger partial charge < -0.3 is 15.2 Å². The average molecular weight is 288 g/mol. The number of nitrogens with one attached hydrogen (secondary N) is 1. The van der Waals surface area contributed by atoms with Crippen molar-refractivity contribution in [2.75, 3.05) is 20.3 Å². The van der Waals surface area contributed by atoms with Crippen LogP contribution in [0.1, 0.15) is 26.2 Å². The molecule has 1 aromatic heterocycles. The molecule has 0 aliphatic carbocycles. The molecular weight excluding hydrogens is 264 g/mol. The van der Waals surface area contributed by atoms with Crippen LogP contribution in [0.15, 0.2) is 36.5 Å². The summed E-state index contributed by atoms with van der Waals surface area (Å²) in [6.07, 6.45) is 4.47. The molecule has 1 unspecified atom stereocenters. The third kappa shape index (κ3) is 3.71. The van der Waals surface area contributed by atoms with Crippen LogP contribution in [0.5, 0.6) is 5.75 Å². The Bertz CT molecular complexity index is 554. The number of rotatable bonds is 8. The summed E-state index contributed by atoms with van der Waals surface area (Å²) in [5.74, 6) is 0.871. The molecular formula is C17H24N2O2. The Hall–Kier alpha value is -1.65. The maximum Gasteiger partial charge on any atom is 0.128 e. The average Bonchev–Trinajstić information content (AvgIpc) is 2.56. The third-order valence-corrected chi connectivity index (χ3v) is 4.17. The van der Waals surface area contributed by atoms with Crippen molar-refractivity contribution in [2.45, 2.75) is 31.7 Å². The normalized spacial score (nSPS) is 14.0. The fourth-order valence-electron chi connectivity index (χ4n) is 2.54. The molecule has 1 atom stereocenters. The highest BCUT2D eigenvalue weighted by Gasteiger charge is 2.24. The van der Waals surface area contributed by atoms with Crippen molar-refractivity contribution in [3.05, 3.63) is 36.5 Å². The lowest BCUT2D eigenvalue weighted by Crippen LogP contribution is -2.46. The second-order valence-electron chi connectivity index (χ2n) is 5.32. The molecule has 0 aliphatic heterocycles. The van der Waals surface area contributed by atoms with Crippen LogP contribution in [-0.2, 0) is 0 Å². The van der Waals surface area contributed by atoms with Gasteiger partial charge in [0.1, 0.15) is 5.75 Å². The molecule has 2 aromatic rings. The topological polar surface area (TPSA) is 54.4 Å². The highest BCUT2D eigenvalue weighted by atomic mass is 16.5. The summed E-state index contributed by atoms with van der Waals surface area (Å²) in [7, 11) is 1.90. The van der Waals surface area contributed by atoms with E-state index in [0.717, 1.165) is 35.9 Å². The van der Waals surface area contributed by atoms with E-state index < -0.39 is 0 Å². The summed E-state index contributed by atoms with van der Waals surface area (Å²) in [6, 6.07) is 9.86. The summed E-state index contributed by atoms with van der Waals surface area (Å²) in [6.45, 7) is 2.87. The Morgan fingerprint density at radius 2 is 2.14 bits per heavy atom. The van der Waals surface area contributed by atoms with Gasteiger partial charge in [0.2, 0.25) is 0 Å². The van der Waals surface area contributed by atoms with Gasteiger partial charge in [-0.05, 0) is 50.6 Å². The zero-order chi connectivity index (χ0) is 15.1. The van der Waals surface area contributed by atoms with Crippen LogP contribution in [0.2, 0.25) is 0 Å². The van der Waals surface area contributed by atoms with Gasteiger partial charge in [-0.3, -0.25) is 4.98 Å². The number of aromatic nitrogens is 1. The Balaban J connectivity index is 1.94. The summed E-state index contributed by atoms with van der Waals surface area (Å²) < 4.78 is 5.90. The monoisotopic (exact) mass is 288 g/mol. The summed E-state index contributed by atoms with van der Waals surface area (Å²) >= 11 is 0. The van der Waals surface area contributed by atoms with Gasteiger partial charge in [0.25, 0.3) is 0 Å². The third-order valence-electron chi connectivity index (χ3n) is 4.17. The highest BCUT2D eigenvalue weighted by Crippen LogP contribution is 2.24. The molecule has 1 heterocycles. The predicted molar refractivity (Wildman–Crippen MR) is 85.6 cm³/mol. The number of nitrogens with zero attached hydrogens (tertiary/aromatic N) is 1. The molecule has 0 saturated carbocycles. The van der Waals surface area contributed by atoms with E-state index in [9.17, 15) is 5.11 Å². The van der Waals surface area contributed by atoms with E-state index in [4.69, 9.17) is 4.74 Å². The molecule has 4 heteroatoms. The van der Waals surface area contributed by atoms with E-state index in [1.807, 2.05) is 37.4 Å². The fourth-order valence-corrected chi connectivity index (χ4v) is 2.54. The largest absolute Gasteiger partial charge is 0.493 e. The molecule has 1 aromatic carbocycles. The first-order chi connectivity index (χ1) is 10.2. The van der Waals surface area contributed by atoms with Crippen LogP contribution in [0, 0.1) is 0 Å². The van der Waals surface area contributed by atoms with Crippen molar-refractivity contribution in [1.29, 1.82) is 0 Å². The zero-order valence-corrected chi connectivity index (χ0v) is 12.8. The number of hydrogen-bond acceptors (Lipinski definition) is 4.